The lowest BCUT2D eigenvalue weighted by Gasteiger charge is -2.38. The van der Waals surface area contributed by atoms with E-state index < -0.39 is 5.91 Å². The molecule has 6 nitrogen and oxygen atoms in total. The number of carbonyl (C=O) groups excluding carboxylic acids is 2. The van der Waals surface area contributed by atoms with Crippen LogP contribution in [-0.2, 0) is 4.79 Å². The van der Waals surface area contributed by atoms with Gasteiger partial charge in [0.1, 0.15) is 11.9 Å². The second-order valence-electron chi connectivity index (χ2n) is 6.93. The van der Waals surface area contributed by atoms with Crippen LogP contribution in [0, 0.1) is 6.92 Å². The predicted molar refractivity (Wildman–Crippen MR) is 112 cm³/mol. The molecule has 1 aliphatic heterocycles. The molecule has 3 aromatic rings. The Morgan fingerprint density at radius 3 is 2.41 bits per heavy atom. The molecule has 0 bridgehead atoms. The minimum Gasteiger partial charge on any atom is -0.484 e. The predicted octanol–water partition coefficient (Wildman–Crippen LogP) is 3.63. The van der Waals surface area contributed by atoms with E-state index in [0.29, 0.717) is 11.3 Å². The fourth-order valence-electron chi connectivity index (χ4n) is 3.36. The van der Waals surface area contributed by atoms with Crippen LogP contribution in [0.4, 0.5) is 11.4 Å². The van der Waals surface area contributed by atoms with Crippen molar-refractivity contribution < 1.29 is 14.3 Å². The van der Waals surface area contributed by atoms with Gasteiger partial charge in [0.15, 0.2) is 6.61 Å². The maximum absolute atomic E-state index is 13.3. The number of nitrogens with zero attached hydrogens (tertiary/aromatic N) is 1. The SMILES string of the molecule is Cc1ccc(N2C(=O)c3ccccc3N[C@@H]2c2ccc(OCC(N)=O)cc2)cc1. The van der Waals surface area contributed by atoms with Crippen molar-refractivity contribution in [3.63, 3.8) is 0 Å². The van der Waals surface area contributed by atoms with E-state index in [2.05, 4.69) is 5.32 Å². The van der Waals surface area contributed by atoms with E-state index in [0.717, 1.165) is 22.5 Å². The highest BCUT2D eigenvalue weighted by atomic mass is 16.5. The maximum atomic E-state index is 13.3. The number of primary amides is 1. The number of rotatable bonds is 5. The summed E-state index contributed by atoms with van der Waals surface area (Å²) in [6, 6.07) is 22.6. The molecule has 6 heteroatoms. The highest BCUT2D eigenvalue weighted by Crippen LogP contribution is 2.37. The van der Waals surface area contributed by atoms with Gasteiger partial charge in [0.2, 0.25) is 0 Å². The molecular formula is C23H21N3O3. The van der Waals surface area contributed by atoms with Crippen LogP contribution in [0.3, 0.4) is 0 Å². The number of benzene rings is 3. The fourth-order valence-corrected chi connectivity index (χ4v) is 3.36. The first-order chi connectivity index (χ1) is 14.0. The Kier molecular flexibility index (Phi) is 4.91. The number of carbonyl (C=O) groups is 2. The average Bonchev–Trinajstić information content (AvgIpc) is 2.73. The maximum Gasteiger partial charge on any atom is 0.262 e. The molecule has 0 saturated heterocycles. The molecular weight excluding hydrogens is 366 g/mol. The van der Waals surface area contributed by atoms with Crippen molar-refractivity contribution in [1.82, 2.24) is 0 Å². The van der Waals surface area contributed by atoms with E-state index in [1.165, 1.54) is 0 Å². The summed E-state index contributed by atoms with van der Waals surface area (Å²) in [6.07, 6.45) is -0.384. The monoisotopic (exact) mass is 387 g/mol. The van der Waals surface area contributed by atoms with Gasteiger partial charge in [-0.15, -0.1) is 0 Å². The van der Waals surface area contributed by atoms with E-state index >= 15 is 0 Å². The largest absolute Gasteiger partial charge is 0.484 e. The minimum atomic E-state index is -0.532. The van der Waals surface area contributed by atoms with Crippen molar-refractivity contribution >= 4 is 23.2 Å². The normalized spacial score (nSPS) is 15.4. The number of nitrogens with one attached hydrogen (secondary N) is 1. The van der Waals surface area contributed by atoms with Gasteiger partial charge in [-0.2, -0.15) is 0 Å². The van der Waals surface area contributed by atoms with Gasteiger partial charge < -0.3 is 15.8 Å². The topological polar surface area (TPSA) is 84.7 Å². The summed E-state index contributed by atoms with van der Waals surface area (Å²) in [5, 5.41) is 3.47. The number of amides is 2. The van der Waals surface area contributed by atoms with Crippen molar-refractivity contribution in [2.75, 3.05) is 16.8 Å². The molecule has 0 aromatic heterocycles. The van der Waals surface area contributed by atoms with Crippen LogP contribution in [0.15, 0.2) is 72.8 Å². The molecule has 0 radical (unpaired) electrons. The molecule has 0 spiro atoms. The third kappa shape index (κ3) is 3.78. The van der Waals surface area contributed by atoms with Gasteiger partial charge in [-0.25, -0.2) is 0 Å². The number of para-hydroxylation sites is 1. The summed E-state index contributed by atoms with van der Waals surface area (Å²) in [7, 11) is 0. The van der Waals surface area contributed by atoms with Crippen molar-refractivity contribution in [2.45, 2.75) is 13.1 Å². The summed E-state index contributed by atoms with van der Waals surface area (Å²) < 4.78 is 5.34. The van der Waals surface area contributed by atoms with Crippen LogP contribution in [-0.4, -0.2) is 18.4 Å². The first-order valence-corrected chi connectivity index (χ1v) is 9.30. The fraction of sp³-hybridized carbons (Fsp3) is 0.130. The summed E-state index contributed by atoms with van der Waals surface area (Å²) in [5.41, 5.74) is 9.36. The van der Waals surface area contributed by atoms with Gasteiger partial charge in [-0.1, -0.05) is 42.0 Å². The number of hydrogen-bond acceptors (Lipinski definition) is 4. The Balaban J connectivity index is 1.71. The lowest BCUT2D eigenvalue weighted by Crippen LogP contribution is -2.43. The van der Waals surface area contributed by atoms with E-state index in [1.54, 1.807) is 17.0 Å². The summed E-state index contributed by atoms with van der Waals surface area (Å²) in [6.45, 7) is 1.83. The molecule has 29 heavy (non-hydrogen) atoms. The van der Waals surface area contributed by atoms with Crippen molar-refractivity contribution in [2.24, 2.45) is 5.73 Å². The Labute approximate surface area is 168 Å². The quantitative estimate of drug-likeness (QED) is 0.700. The van der Waals surface area contributed by atoms with Crippen LogP contribution < -0.4 is 20.7 Å². The van der Waals surface area contributed by atoms with Crippen LogP contribution >= 0.6 is 0 Å². The summed E-state index contributed by atoms with van der Waals surface area (Å²) >= 11 is 0. The highest BCUT2D eigenvalue weighted by molar-refractivity contribution is 6.12. The lowest BCUT2D eigenvalue weighted by atomic mass is 10.0. The number of aryl methyl sites for hydroxylation is 1. The van der Waals surface area contributed by atoms with Gasteiger partial charge in [0.05, 0.1) is 5.56 Å². The zero-order valence-corrected chi connectivity index (χ0v) is 16.0. The van der Waals surface area contributed by atoms with Crippen molar-refractivity contribution in [1.29, 1.82) is 0 Å². The third-order valence-electron chi connectivity index (χ3n) is 4.82. The Bertz CT molecular complexity index is 1050. The minimum absolute atomic E-state index is 0.0674. The second-order valence-corrected chi connectivity index (χ2v) is 6.93. The first-order valence-electron chi connectivity index (χ1n) is 9.30. The van der Waals surface area contributed by atoms with Gasteiger partial charge in [-0.3, -0.25) is 14.5 Å². The van der Waals surface area contributed by atoms with Crippen molar-refractivity contribution in [3.05, 3.63) is 89.5 Å². The van der Waals surface area contributed by atoms with Crippen LogP contribution in [0.25, 0.3) is 0 Å². The third-order valence-corrected chi connectivity index (χ3v) is 4.82. The molecule has 3 N–H and O–H groups in total. The second kappa shape index (κ2) is 7.67. The van der Waals surface area contributed by atoms with E-state index in [4.69, 9.17) is 10.5 Å². The Morgan fingerprint density at radius 1 is 1.03 bits per heavy atom. The number of nitrogens with two attached hydrogens (primary N) is 1. The van der Waals surface area contributed by atoms with Crippen LogP contribution in [0.2, 0.25) is 0 Å². The average molecular weight is 387 g/mol. The Hall–Kier alpha value is -3.80. The molecule has 0 saturated carbocycles. The molecule has 4 rings (SSSR count). The molecule has 0 aliphatic carbocycles. The molecule has 0 unspecified atom stereocenters. The standard InChI is InChI=1S/C23H21N3O3/c1-15-6-10-17(11-7-15)26-22(25-20-5-3-2-4-19(20)23(26)28)16-8-12-18(13-9-16)29-14-21(24)27/h2-13,22,25H,14H2,1H3,(H2,24,27)/t22-/m0/s1. The summed E-state index contributed by atoms with van der Waals surface area (Å²) in [4.78, 5) is 26.0. The number of anilines is 2. The van der Waals surface area contributed by atoms with Crippen LogP contribution in [0.5, 0.6) is 5.75 Å². The molecule has 1 heterocycles. The first kappa shape index (κ1) is 18.6. The molecule has 1 aliphatic rings. The molecule has 146 valence electrons. The van der Waals surface area contributed by atoms with E-state index in [-0.39, 0.29) is 18.7 Å². The number of ether oxygens (including phenoxy) is 1. The zero-order chi connectivity index (χ0) is 20.4. The molecule has 1 atom stereocenters. The van der Waals surface area contributed by atoms with Crippen LogP contribution in [0.1, 0.15) is 27.7 Å². The zero-order valence-electron chi connectivity index (χ0n) is 16.0. The Morgan fingerprint density at radius 2 is 1.72 bits per heavy atom. The van der Waals surface area contributed by atoms with Gasteiger partial charge in [0.25, 0.3) is 11.8 Å². The lowest BCUT2D eigenvalue weighted by molar-refractivity contribution is -0.119. The molecule has 2 amide bonds. The van der Waals surface area contributed by atoms with Gasteiger partial charge >= 0.3 is 0 Å². The van der Waals surface area contributed by atoms with E-state index in [1.807, 2.05) is 67.6 Å². The van der Waals surface area contributed by atoms with Gasteiger partial charge in [0, 0.05) is 11.4 Å². The smallest absolute Gasteiger partial charge is 0.262 e. The number of hydrogen-bond donors (Lipinski definition) is 2. The van der Waals surface area contributed by atoms with Crippen molar-refractivity contribution in [3.8, 4) is 5.75 Å². The molecule has 0 fully saturated rings. The highest BCUT2D eigenvalue weighted by Gasteiger charge is 2.33. The molecule has 3 aromatic carbocycles. The number of fused-ring (bicyclic) bond motifs is 1. The summed E-state index contributed by atoms with van der Waals surface area (Å²) in [5.74, 6) is -0.0602. The van der Waals surface area contributed by atoms with Gasteiger partial charge in [-0.05, 0) is 48.9 Å². The van der Waals surface area contributed by atoms with E-state index in [9.17, 15) is 9.59 Å².